The molecule has 2 aromatic rings. The van der Waals surface area contributed by atoms with Crippen molar-refractivity contribution >= 4 is 12.2 Å². The Morgan fingerprint density at radius 3 is 2.76 bits per heavy atom. The second-order valence-electron chi connectivity index (χ2n) is 3.77. The SMILES string of the molecule is Cn1c(-c2ccc3c(c2)OCCO3)n[nH]c1=S. The number of hydrogen-bond acceptors (Lipinski definition) is 4. The van der Waals surface area contributed by atoms with Gasteiger partial charge in [0.1, 0.15) is 13.2 Å². The van der Waals surface area contributed by atoms with Crippen LogP contribution in [0.3, 0.4) is 0 Å². The van der Waals surface area contributed by atoms with Crippen LogP contribution >= 0.6 is 12.2 Å². The molecule has 0 unspecified atom stereocenters. The Hall–Kier alpha value is -1.82. The second kappa shape index (κ2) is 3.89. The predicted octanol–water partition coefficient (Wildman–Crippen LogP) is 1.92. The zero-order valence-corrected chi connectivity index (χ0v) is 10.1. The van der Waals surface area contributed by atoms with Crippen molar-refractivity contribution in [2.75, 3.05) is 13.2 Å². The minimum Gasteiger partial charge on any atom is -0.486 e. The van der Waals surface area contributed by atoms with E-state index in [1.165, 1.54) is 0 Å². The second-order valence-corrected chi connectivity index (χ2v) is 4.16. The molecule has 17 heavy (non-hydrogen) atoms. The summed E-state index contributed by atoms with van der Waals surface area (Å²) in [5.41, 5.74) is 0.948. The third-order valence-corrected chi connectivity index (χ3v) is 3.05. The molecule has 88 valence electrons. The number of nitrogens with one attached hydrogen (secondary N) is 1. The molecule has 1 aromatic carbocycles. The van der Waals surface area contributed by atoms with Gasteiger partial charge in [0.2, 0.25) is 0 Å². The molecule has 0 atom stereocenters. The van der Waals surface area contributed by atoms with Crippen molar-refractivity contribution in [3.8, 4) is 22.9 Å². The van der Waals surface area contributed by atoms with Crippen LogP contribution in [0, 0.1) is 4.77 Å². The lowest BCUT2D eigenvalue weighted by molar-refractivity contribution is 0.171. The number of rotatable bonds is 1. The van der Waals surface area contributed by atoms with Gasteiger partial charge in [-0.05, 0) is 30.4 Å². The highest BCUT2D eigenvalue weighted by molar-refractivity contribution is 7.71. The molecule has 0 aliphatic carbocycles. The minimum absolute atomic E-state index is 0.579. The van der Waals surface area contributed by atoms with Crippen LogP contribution in [0.5, 0.6) is 11.5 Å². The van der Waals surface area contributed by atoms with E-state index >= 15 is 0 Å². The summed E-state index contributed by atoms with van der Waals surface area (Å²) in [5.74, 6) is 2.31. The average molecular weight is 249 g/mol. The molecule has 2 heterocycles. The number of aromatic amines is 1. The zero-order valence-electron chi connectivity index (χ0n) is 9.27. The van der Waals surface area contributed by atoms with Crippen LogP contribution in [0.15, 0.2) is 18.2 Å². The first-order valence-corrected chi connectivity index (χ1v) is 5.68. The third-order valence-electron chi connectivity index (χ3n) is 2.68. The van der Waals surface area contributed by atoms with Crippen LogP contribution in [0.2, 0.25) is 0 Å². The summed E-state index contributed by atoms with van der Waals surface area (Å²) < 4.78 is 13.4. The normalized spacial score (nSPS) is 13.7. The van der Waals surface area contributed by atoms with Gasteiger partial charge >= 0.3 is 0 Å². The maximum absolute atomic E-state index is 5.53. The molecule has 0 saturated carbocycles. The molecule has 6 heteroatoms. The van der Waals surface area contributed by atoms with Gasteiger partial charge in [0, 0.05) is 12.6 Å². The number of ether oxygens (including phenoxy) is 2. The van der Waals surface area contributed by atoms with Crippen LogP contribution in [-0.4, -0.2) is 28.0 Å². The molecule has 1 aliphatic rings. The number of H-pyrrole nitrogens is 1. The molecule has 0 saturated heterocycles. The fraction of sp³-hybridized carbons (Fsp3) is 0.273. The van der Waals surface area contributed by atoms with Crippen molar-refractivity contribution in [1.82, 2.24) is 14.8 Å². The first-order valence-electron chi connectivity index (χ1n) is 5.27. The summed E-state index contributed by atoms with van der Waals surface area (Å²) in [5, 5.41) is 6.94. The van der Waals surface area contributed by atoms with E-state index in [4.69, 9.17) is 21.7 Å². The molecular formula is C11H11N3O2S. The Labute approximate surface area is 103 Å². The van der Waals surface area contributed by atoms with Crippen molar-refractivity contribution in [3.63, 3.8) is 0 Å². The van der Waals surface area contributed by atoms with E-state index in [1.807, 2.05) is 29.8 Å². The van der Waals surface area contributed by atoms with Crippen LogP contribution in [0.25, 0.3) is 11.4 Å². The Morgan fingerprint density at radius 1 is 1.29 bits per heavy atom. The number of fused-ring (bicyclic) bond motifs is 1. The quantitative estimate of drug-likeness (QED) is 0.784. The zero-order chi connectivity index (χ0) is 11.8. The van der Waals surface area contributed by atoms with E-state index in [9.17, 15) is 0 Å². The van der Waals surface area contributed by atoms with Crippen molar-refractivity contribution in [2.24, 2.45) is 7.05 Å². The van der Waals surface area contributed by atoms with Gasteiger partial charge in [0.15, 0.2) is 22.1 Å². The lowest BCUT2D eigenvalue weighted by Crippen LogP contribution is -2.15. The number of hydrogen-bond donors (Lipinski definition) is 1. The molecule has 3 rings (SSSR count). The smallest absolute Gasteiger partial charge is 0.195 e. The first-order chi connectivity index (χ1) is 8.25. The van der Waals surface area contributed by atoms with Crippen LogP contribution < -0.4 is 9.47 Å². The maximum atomic E-state index is 5.53. The fourth-order valence-corrected chi connectivity index (χ4v) is 1.92. The van der Waals surface area contributed by atoms with Crippen molar-refractivity contribution < 1.29 is 9.47 Å². The number of nitrogens with zero attached hydrogens (tertiary/aromatic N) is 2. The predicted molar refractivity (Wildman–Crippen MR) is 64.8 cm³/mol. The molecule has 0 amide bonds. The highest BCUT2D eigenvalue weighted by atomic mass is 32.1. The molecule has 0 radical (unpaired) electrons. The van der Waals surface area contributed by atoms with E-state index in [-0.39, 0.29) is 0 Å². The highest BCUT2D eigenvalue weighted by Crippen LogP contribution is 2.33. The molecule has 1 N–H and O–H groups in total. The molecule has 1 aromatic heterocycles. The monoisotopic (exact) mass is 249 g/mol. The van der Waals surface area contributed by atoms with E-state index < -0.39 is 0 Å². The summed E-state index contributed by atoms with van der Waals surface area (Å²) >= 11 is 5.08. The lowest BCUT2D eigenvalue weighted by atomic mass is 10.2. The average Bonchev–Trinajstić information content (AvgIpc) is 2.70. The summed E-state index contributed by atoms with van der Waals surface area (Å²) in [6.07, 6.45) is 0. The maximum Gasteiger partial charge on any atom is 0.195 e. The molecule has 0 fully saturated rings. The lowest BCUT2D eigenvalue weighted by Gasteiger charge is -2.18. The van der Waals surface area contributed by atoms with Crippen LogP contribution in [0.1, 0.15) is 0 Å². The van der Waals surface area contributed by atoms with E-state index in [0.717, 1.165) is 22.9 Å². The topological polar surface area (TPSA) is 52.1 Å². The Bertz CT molecular complexity index is 617. The first kappa shape index (κ1) is 10.3. The fourth-order valence-electron chi connectivity index (χ4n) is 1.79. The van der Waals surface area contributed by atoms with Gasteiger partial charge in [0.05, 0.1) is 0 Å². The third kappa shape index (κ3) is 1.70. The Kier molecular flexibility index (Phi) is 2.36. The Morgan fingerprint density at radius 2 is 2.06 bits per heavy atom. The summed E-state index contributed by atoms with van der Waals surface area (Å²) in [6.45, 7) is 1.17. The van der Waals surface area contributed by atoms with Gasteiger partial charge < -0.3 is 14.0 Å². The van der Waals surface area contributed by atoms with Crippen LogP contribution in [0.4, 0.5) is 0 Å². The molecular weight excluding hydrogens is 238 g/mol. The standard InChI is InChI=1S/C11H11N3O2S/c1-14-10(12-13-11(14)17)7-2-3-8-9(6-7)16-5-4-15-8/h2-3,6H,4-5H2,1H3,(H,13,17). The van der Waals surface area contributed by atoms with Gasteiger partial charge in [0.25, 0.3) is 0 Å². The summed E-state index contributed by atoms with van der Waals surface area (Å²) in [7, 11) is 1.87. The van der Waals surface area contributed by atoms with E-state index in [1.54, 1.807) is 0 Å². The number of aromatic nitrogens is 3. The van der Waals surface area contributed by atoms with Gasteiger partial charge in [-0.2, -0.15) is 5.10 Å². The van der Waals surface area contributed by atoms with Crippen molar-refractivity contribution in [1.29, 1.82) is 0 Å². The van der Waals surface area contributed by atoms with Crippen molar-refractivity contribution in [3.05, 3.63) is 23.0 Å². The Balaban J connectivity index is 2.10. The summed E-state index contributed by atoms with van der Waals surface area (Å²) in [6, 6.07) is 5.75. The van der Waals surface area contributed by atoms with E-state index in [2.05, 4.69) is 10.2 Å². The van der Waals surface area contributed by atoms with Crippen molar-refractivity contribution in [2.45, 2.75) is 0 Å². The van der Waals surface area contributed by atoms with Gasteiger partial charge in [-0.3, -0.25) is 5.10 Å². The minimum atomic E-state index is 0.579. The molecule has 0 spiro atoms. The van der Waals surface area contributed by atoms with Gasteiger partial charge in [-0.1, -0.05) is 0 Å². The van der Waals surface area contributed by atoms with Crippen LogP contribution in [-0.2, 0) is 7.05 Å². The molecule has 5 nitrogen and oxygen atoms in total. The molecule has 0 bridgehead atoms. The van der Waals surface area contributed by atoms with Gasteiger partial charge in [-0.25, -0.2) is 0 Å². The number of benzene rings is 1. The van der Waals surface area contributed by atoms with E-state index in [0.29, 0.717) is 18.0 Å². The molecule has 1 aliphatic heterocycles. The largest absolute Gasteiger partial charge is 0.486 e. The summed E-state index contributed by atoms with van der Waals surface area (Å²) in [4.78, 5) is 0. The van der Waals surface area contributed by atoms with Gasteiger partial charge in [-0.15, -0.1) is 0 Å². The highest BCUT2D eigenvalue weighted by Gasteiger charge is 2.14.